The lowest BCUT2D eigenvalue weighted by atomic mass is 9.97. The fraction of sp³-hybridized carbons (Fsp3) is 0.417. The molecule has 95 valence electrons. The summed E-state index contributed by atoms with van der Waals surface area (Å²) in [5.74, 6) is 0. The van der Waals surface area contributed by atoms with Gasteiger partial charge in [0.25, 0.3) is 0 Å². The third kappa shape index (κ3) is 3.39. The Hall–Kier alpha value is -0.670. The molecule has 0 aliphatic rings. The van der Waals surface area contributed by atoms with Crippen LogP contribution in [0.4, 0.5) is 0 Å². The van der Waals surface area contributed by atoms with Crippen LogP contribution < -0.4 is 0 Å². The summed E-state index contributed by atoms with van der Waals surface area (Å²) in [6.07, 6.45) is 0. The van der Waals surface area contributed by atoms with Gasteiger partial charge in [-0.2, -0.15) is 0 Å². The number of rotatable bonds is 4. The molecule has 1 radical (unpaired) electrons. The summed E-state index contributed by atoms with van der Waals surface area (Å²) < 4.78 is 16.2. The van der Waals surface area contributed by atoms with Gasteiger partial charge in [0.1, 0.15) is 5.66 Å². The van der Waals surface area contributed by atoms with E-state index >= 15 is 0 Å². The van der Waals surface area contributed by atoms with Crippen LogP contribution in [0.1, 0.15) is 27.9 Å². The first-order chi connectivity index (χ1) is 7.77. The van der Waals surface area contributed by atoms with Crippen LogP contribution in [0.15, 0.2) is 12.1 Å². The molecule has 17 heavy (non-hydrogen) atoms. The van der Waals surface area contributed by atoms with Crippen LogP contribution in [-0.2, 0) is 9.30 Å². The highest BCUT2D eigenvalue weighted by atomic mass is 31.2. The average Bonchev–Trinajstić information content (AvgIpc) is 2.13. The van der Waals surface area contributed by atoms with Gasteiger partial charge in [0, 0.05) is 0 Å². The molecular weight excluding hydrogens is 239 g/mol. The zero-order valence-corrected chi connectivity index (χ0v) is 11.2. The monoisotopic (exact) mass is 257 g/mol. The number of ether oxygens (including phenoxy) is 1. The lowest BCUT2D eigenvalue weighted by Crippen LogP contribution is -2.10. The maximum Gasteiger partial charge on any atom is 0.335 e. The molecule has 0 heterocycles. The maximum atomic E-state index is 11.5. The van der Waals surface area contributed by atoms with Crippen LogP contribution in [0.2, 0.25) is 0 Å². The molecule has 0 aliphatic heterocycles. The van der Waals surface area contributed by atoms with Gasteiger partial charge in [0.15, 0.2) is 0 Å². The van der Waals surface area contributed by atoms with Crippen LogP contribution >= 0.6 is 7.60 Å². The Bertz CT molecular complexity index is 427. The van der Waals surface area contributed by atoms with Gasteiger partial charge in [0.05, 0.1) is 13.7 Å². The Morgan fingerprint density at radius 2 is 1.76 bits per heavy atom. The number of benzene rings is 1. The lowest BCUT2D eigenvalue weighted by Gasteiger charge is -2.22. The molecule has 1 aromatic rings. The standard InChI is InChI=1S/C12H18O4P/c1-8-5-9(2)12(10(3)6-8)11(7-16-4)17(13,14)15/h5-6,11H,4,7H2,1-3H3,(H2,13,14,15). The smallest absolute Gasteiger partial charge is 0.335 e. The summed E-state index contributed by atoms with van der Waals surface area (Å²) in [5.41, 5.74) is 2.53. The first-order valence-electron chi connectivity index (χ1n) is 5.27. The Morgan fingerprint density at radius 1 is 1.29 bits per heavy atom. The van der Waals surface area contributed by atoms with E-state index < -0.39 is 13.3 Å². The molecule has 0 aromatic heterocycles. The summed E-state index contributed by atoms with van der Waals surface area (Å²) in [6.45, 7) is 5.56. The Balaban J connectivity index is 3.33. The Morgan fingerprint density at radius 3 is 2.12 bits per heavy atom. The fourth-order valence-electron chi connectivity index (χ4n) is 2.18. The van der Waals surface area contributed by atoms with Crippen molar-refractivity contribution in [3.63, 3.8) is 0 Å². The molecular formula is C12H18O4P. The van der Waals surface area contributed by atoms with Crippen molar-refractivity contribution in [1.29, 1.82) is 0 Å². The summed E-state index contributed by atoms with van der Waals surface area (Å²) >= 11 is 0. The van der Waals surface area contributed by atoms with E-state index in [-0.39, 0.29) is 6.61 Å². The minimum Gasteiger partial charge on any atom is -0.378 e. The second kappa shape index (κ2) is 5.32. The van der Waals surface area contributed by atoms with Crippen molar-refractivity contribution in [1.82, 2.24) is 0 Å². The van der Waals surface area contributed by atoms with Crippen molar-refractivity contribution in [2.45, 2.75) is 26.4 Å². The third-order valence-corrected chi connectivity index (χ3v) is 3.97. The highest BCUT2D eigenvalue weighted by Crippen LogP contribution is 2.53. The van der Waals surface area contributed by atoms with Crippen LogP contribution in [0, 0.1) is 27.9 Å². The van der Waals surface area contributed by atoms with Gasteiger partial charge < -0.3 is 14.5 Å². The van der Waals surface area contributed by atoms with Gasteiger partial charge in [-0.1, -0.05) is 17.7 Å². The van der Waals surface area contributed by atoms with E-state index in [9.17, 15) is 14.4 Å². The Labute approximate surface area is 102 Å². The molecule has 1 atom stereocenters. The minimum absolute atomic E-state index is 0.0883. The van der Waals surface area contributed by atoms with Gasteiger partial charge in [-0.05, 0) is 37.5 Å². The zero-order valence-electron chi connectivity index (χ0n) is 10.3. The molecule has 4 nitrogen and oxygen atoms in total. The summed E-state index contributed by atoms with van der Waals surface area (Å²) in [5, 5.41) is 0. The van der Waals surface area contributed by atoms with Crippen molar-refractivity contribution in [3.05, 3.63) is 41.5 Å². The van der Waals surface area contributed by atoms with E-state index in [1.54, 1.807) is 0 Å². The highest BCUT2D eigenvalue weighted by Gasteiger charge is 2.32. The molecule has 0 spiro atoms. The van der Waals surface area contributed by atoms with Crippen molar-refractivity contribution < 1.29 is 19.1 Å². The average molecular weight is 257 g/mol. The molecule has 0 amide bonds. The number of hydrogen-bond acceptors (Lipinski definition) is 2. The number of aryl methyl sites for hydroxylation is 3. The second-order valence-corrected chi connectivity index (χ2v) is 6.09. The molecule has 2 N–H and O–H groups in total. The van der Waals surface area contributed by atoms with Crippen LogP contribution in [0.5, 0.6) is 0 Å². The Kier molecular flexibility index (Phi) is 4.50. The van der Waals surface area contributed by atoms with Gasteiger partial charge >= 0.3 is 7.60 Å². The molecule has 1 aromatic carbocycles. The lowest BCUT2D eigenvalue weighted by molar-refractivity contribution is 0.225. The van der Waals surface area contributed by atoms with Crippen molar-refractivity contribution in [2.24, 2.45) is 0 Å². The van der Waals surface area contributed by atoms with E-state index in [2.05, 4.69) is 11.8 Å². The first kappa shape index (κ1) is 14.4. The second-order valence-electron chi connectivity index (χ2n) is 4.29. The topological polar surface area (TPSA) is 66.8 Å². The van der Waals surface area contributed by atoms with Crippen molar-refractivity contribution in [3.8, 4) is 0 Å². The minimum atomic E-state index is -4.25. The maximum absolute atomic E-state index is 11.5. The third-order valence-electron chi connectivity index (χ3n) is 2.75. The molecule has 0 aliphatic carbocycles. The van der Waals surface area contributed by atoms with E-state index in [4.69, 9.17) is 0 Å². The molecule has 0 bridgehead atoms. The van der Waals surface area contributed by atoms with E-state index in [0.717, 1.165) is 16.7 Å². The largest absolute Gasteiger partial charge is 0.378 e. The normalized spacial score (nSPS) is 13.8. The quantitative estimate of drug-likeness (QED) is 0.814. The molecule has 1 unspecified atom stereocenters. The van der Waals surface area contributed by atoms with Crippen LogP contribution in [0.3, 0.4) is 0 Å². The summed E-state index contributed by atoms with van der Waals surface area (Å²) in [7, 11) is -1.05. The highest BCUT2D eigenvalue weighted by molar-refractivity contribution is 7.52. The van der Waals surface area contributed by atoms with Crippen molar-refractivity contribution >= 4 is 7.60 Å². The predicted molar refractivity (Wildman–Crippen MR) is 66.7 cm³/mol. The summed E-state index contributed by atoms with van der Waals surface area (Å²) in [6, 6.07) is 3.82. The van der Waals surface area contributed by atoms with Crippen molar-refractivity contribution in [2.75, 3.05) is 6.61 Å². The first-order valence-corrected chi connectivity index (χ1v) is 6.95. The SMILES string of the molecule is [CH2]OCC(c1c(C)cc(C)cc1C)P(=O)(O)O. The molecule has 0 fully saturated rings. The predicted octanol–water partition coefficient (Wildman–Crippen LogP) is 2.64. The molecule has 0 saturated carbocycles. The van der Waals surface area contributed by atoms with E-state index in [1.807, 2.05) is 32.9 Å². The van der Waals surface area contributed by atoms with E-state index in [0.29, 0.717) is 5.56 Å². The fourth-order valence-corrected chi connectivity index (χ4v) is 3.22. The van der Waals surface area contributed by atoms with E-state index in [1.165, 1.54) is 0 Å². The van der Waals surface area contributed by atoms with Gasteiger partial charge in [0.2, 0.25) is 0 Å². The van der Waals surface area contributed by atoms with Gasteiger partial charge in [-0.25, -0.2) is 0 Å². The van der Waals surface area contributed by atoms with Gasteiger partial charge in [-0.3, -0.25) is 4.57 Å². The van der Waals surface area contributed by atoms with Crippen LogP contribution in [-0.4, -0.2) is 16.4 Å². The molecule has 0 saturated heterocycles. The van der Waals surface area contributed by atoms with Crippen LogP contribution in [0.25, 0.3) is 0 Å². The zero-order chi connectivity index (χ0) is 13.2. The number of hydrogen-bond donors (Lipinski definition) is 2. The molecule has 1 rings (SSSR count). The molecule has 5 heteroatoms. The summed E-state index contributed by atoms with van der Waals surface area (Å²) in [4.78, 5) is 18.8. The van der Waals surface area contributed by atoms with Gasteiger partial charge in [-0.15, -0.1) is 0 Å².